The predicted molar refractivity (Wildman–Crippen MR) is 61.5 cm³/mol. The van der Waals surface area contributed by atoms with Crippen LogP contribution >= 0.6 is 15.9 Å². The minimum Gasteiger partial charge on any atom is -0.466 e. The van der Waals surface area contributed by atoms with Gasteiger partial charge >= 0.3 is 5.97 Å². The molecule has 0 aliphatic heterocycles. The summed E-state index contributed by atoms with van der Waals surface area (Å²) in [7, 11) is 0. The smallest absolute Gasteiger partial charge is 0.305 e. The summed E-state index contributed by atoms with van der Waals surface area (Å²) in [6.07, 6.45) is 3.82. The second kappa shape index (κ2) is 6.56. The molecular weight excluding hydrogens is 258 g/mol. The number of aromatic nitrogens is 1. The molecular formula is C11H14BrNO2. The van der Waals surface area contributed by atoms with Crippen molar-refractivity contribution in [3.05, 3.63) is 28.5 Å². The maximum Gasteiger partial charge on any atom is 0.305 e. The van der Waals surface area contributed by atoms with Crippen molar-refractivity contribution in [2.24, 2.45) is 0 Å². The van der Waals surface area contributed by atoms with Gasteiger partial charge in [0.25, 0.3) is 0 Å². The molecule has 0 radical (unpaired) electrons. The molecule has 15 heavy (non-hydrogen) atoms. The molecule has 0 aromatic carbocycles. The first kappa shape index (κ1) is 12.2. The second-order valence-corrected chi connectivity index (χ2v) is 4.04. The third kappa shape index (κ3) is 4.93. The summed E-state index contributed by atoms with van der Waals surface area (Å²) in [5, 5.41) is 0. The Bertz CT molecular complexity index is 311. The topological polar surface area (TPSA) is 39.2 Å². The number of aryl methyl sites for hydroxylation is 1. The summed E-state index contributed by atoms with van der Waals surface area (Å²) in [5.74, 6) is -0.130. The lowest BCUT2D eigenvalue weighted by Crippen LogP contribution is -2.04. The number of carbonyl (C=O) groups excluding carboxylic acids is 1. The maximum atomic E-state index is 11.0. The van der Waals surface area contributed by atoms with Crippen molar-refractivity contribution >= 4 is 21.9 Å². The van der Waals surface area contributed by atoms with E-state index in [1.54, 1.807) is 6.20 Å². The van der Waals surface area contributed by atoms with E-state index in [9.17, 15) is 4.79 Å². The van der Waals surface area contributed by atoms with Crippen molar-refractivity contribution in [3.8, 4) is 0 Å². The number of rotatable bonds is 5. The van der Waals surface area contributed by atoms with Crippen LogP contribution in [0.2, 0.25) is 0 Å². The third-order valence-corrected chi connectivity index (χ3v) is 2.38. The van der Waals surface area contributed by atoms with Crippen LogP contribution in [0.1, 0.15) is 25.5 Å². The van der Waals surface area contributed by atoms with E-state index >= 15 is 0 Å². The van der Waals surface area contributed by atoms with Crippen molar-refractivity contribution in [2.75, 3.05) is 6.61 Å². The number of hydrogen-bond acceptors (Lipinski definition) is 3. The van der Waals surface area contributed by atoms with Crippen molar-refractivity contribution in [2.45, 2.75) is 26.2 Å². The van der Waals surface area contributed by atoms with E-state index in [1.165, 1.54) is 0 Å². The fourth-order valence-corrected chi connectivity index (χ4v) is 1.44. The van der Waals surface area contributed by atoms with Gasteiger partial charge in [0, 0.05) is 22.8 Å². The van der Waals surface area contributed by atoms with Crippen LogP contribution < -0.4 is 0 Å². The number of pyridine rings is 1. The Balaban J connectivity index is 2.26. The molecule has 82 valence electrons. The second-order valence-electron chi connectivity index (χ2n) is 3.13. The molecule has 0 fully saturated rings. The van der Waals surface area contributed by atoms with Crippen LogP contribution in [0.4, 0.5) is 0 Å². The Morgan fingerprint density at radius 2 is 2.33 bits per heavy atom. The van der Waals surface area contributed by atoms with E-state index in [-0.39, 0.29) is 5.97 Å². The molecule has 3 nitrogen and oxygen atoms in total. The van der Waals surface area contributed by atoms with Gasteiger partial charge in [-0.25, -0.2) is 0 Å². The largest absolute Gasteiger partial charge is 0.466 e. The van der Waals surface area contributed by atoms with E-state index in [4.69, 9.17) is 4.74 Å². The fraction of sp³-hybridized carbons (Fsp3) is 0.455. The normalized spacial score (nSPS) is 10.0. The lowest BCUT2D eigenvalue weighted by atomic mass is 10.2. The molecule has 0 saturated heterocycles. The average Bonchev–Trinajstić information content (AvgIpc) is 2.21. The molecule has 4 heteroatoms. The quantitative estimate of drug-likeness (QED) is 0.774. The van der Waals surface area contributed by atoms with Gasteiger partial charge in [0.2, 0.25) is 0 Å². The number of esters is 1. The maximum absolute atomic E-state index is 11.0. The molecule has 1 rings (SSSR count). The van der Waals surface area contributed by atoms with Crippen LogP contribution in [-0.2, 0) is 16.0 Å². The SMILES string of the molecule is CCOC(=O)CCCc1ccc(Br)cn1. The Kier molecular flexibility index (Phi) is 5.32. The highest BCUT2D eigenvalue weighted by atomic mass is 79.9. The molecule has 1 heterocycles. The van der Waals surface area contributed by atoms with E-state index in [1.807, 2.05) is 19.1 Å². The van der Waals surface area contributed by atoms with Crippen molar-refractivity contribution in [1.82, 2.24) is 4.98 Å². The third-order valence-electron chi connectivity index (χ3n) is 1.91. The Morgan fingerprint density at radius 3 is 2.93 bits per heavy atom. The minimum absolute atomic E-state index is 0.130. The summed E-state index contributed by atoms with van der Waals surface area (Å²) in [6, 6.07) is 3.90. The number of carbonyl (C=O) groups is 1. The van der Waals surface area contributed by atoms with Crippen molar-refractivity contribution < 1.29 is 9.53 Å². The van der Waals surface area contributed by atoms with Gasteiger partial charge in [-0.3, -0.25) is 9.78 Å². The van der Waals surface area contributed by atoms with Crippen LogP contribution in [0, 0.1) is 0 Å². The van der Waals surface area contributed by atoms with Crippen molar-refractivity contribution in [3.63, 3.8) is 0 Å². The molecule has 0 aliphatic carbocycles. The van der Waals surface area contributed by atoms with Gasteiger partial charge in [0.15, 0.2) is 0 Å². The van der Waals surface area contributed by atoms with Crippen LogP contribution in [-0.4, -0.2) is 17.6 Å². The van der Waals surface area contributed by atoms with E-state index in [2.05, 4.69) is 20.9 Å². The molecule has 1 aromatic rings. The first-order valence-electron chi connectivity index (χ1n) is 4.98. The summed E-state index contributed by atoms with van der Waals surface area (Å²) in [5.41, 5.74) is 1.00. The van der Waals surface area contributed by atoms with Gasteiger partial charge in [0.1, 0.15) is 0 Å². The van der Waals surface area contributed by atoms with Gasteiger partial charge < -0.3 is 4.74 Å². The van der Waals surface area contributed by atoms with E-state index in [0.717, 1.165) is 23.0 Å². The minimum atomic E-state index is -0.130. The van der Waals surface area contributed by atoms with Crippen LogP contribution in [0.25, 0.3) is 0 Å². The van der Waals surface area contributed by atoms with Gasteiger partial charge in [-0.15, -0.1) is 0 Å². The molecule has 0 saturated carbocycles. The predicted octanol–water partition coefficient (Wildman–Crippen LogP) is 2.73. The Hall–Kier alpha value is -0.900. The number of hydrogen-bond donors (Lipinski definition) is 0. The number of ether oxygens (including phenoxy) is 1. The molecule has 0 spiro atoms. The first-order chi connectivity index (χ1) is 7.22. The van der Waals surface area contributed by atoms with Crippen LogP contribution in [0.5, 0.6) is 0 Å². The van der Waals surface area contributed by atoms with E-state index < -0.39 is 0 Å². The zero-order chi connectivity index (χ0) is 11.1. The Labute approximate surface area is 98.0 Å². The van der Waals surface area contributed by atoms with Gasteiger partial charge in [-0.05, 0) is 47.8 Å². The van der Waals surface area contributed by atoms with Crippen molar-refractivity contribution in [1.29, 1.82) is 0 Å². The number of nitrogens with zero attached hydrogens (tertiary/aromatic N) is 1. The molecule has 0 bridgehead atoms. The zero-order valence-electron chi connectivity index (χ0n) is 8.70. The standard InChI is InChI=1S/C11H14BrNO2/c1-2-15-11(14)5-3-4-10-7-6-9(12)8-13-10/h6-8H,2-5H2,1H3. The highest BCUT2D eigenvalue weighted by Gasteiger charge is 2.02. The fourth-order valence-electron chi connectivity index (χ4n) is 1.20. The molecule has 0 aliphatic rings. The van der Waals surface area contributed by atoms with Gasteiger partial charge in [-0.2, -0.15) is 0 Å². The average molecular weight is 272 g/mol. The highest BCUT2D eigenvalue weighted by molar-refractivity contribution is 9.10. The molecule has 0 N–H and O–H groups in total. The summed E-state index contributed by atoms with van der Waals surface area (Å²) in [4.78, 5) is 15.3. The summed E-state index contributed by atoms with van der Waals surface area (Å²) in [6.45, 7) is 2.27. The lowest BCUT2D eigenvalue weighted by molar-refractivity contribution is -0.143. The van der Waals surface area contributed by atoms with Gasteiger partial charge in [-0.1, -0.05) is 0 Å². The van der Waals surface area contributed by atoms with E-state index in [0.29, 0.717) is 13.0 Å². The molecule has 0 amide bonds. The molecule has 0 atom stereocenters. The Morgan fingerprint density at radius 1 is 1.53 bits per heavy atom. The number of halogens is 1. The van der Waals surface area contributed by atoms with Crippen LogP contribution in [0.3, 0.4) is 0 Å². The molecule has 1 aromatic heterocycles. The zero-order valence-corrected chi connectivity index (χ0v) is 10.3. The summed E-state index contributed by atoms with van der Waals surface area (Å²) >= 11 is 3.32. The molecule has 0 unspecified atom stereocenters. The van der Waals surface area contributed by atoms with Gasteiger partial charge in [0.05, 0.1) is 6.61 Å². The summed E-state index contributed by atoms with van der Waals surface area (Å²) < 4.78 is 5.80. The lowest BCUT2D eigenvalue weighted by Gasteiger charge is -2.01. The monoisotopic (exact) mass is 271 g/mol. The highest BCUT2D eigenvalue weighted by Crippen LogP contribution is 2.09. The van der Waals surface area contributed by atoms with Crippen LogP contribution in [0.15, 0.2) is 22.8 Å². The first-order valence-corrected chi connectivity index (χ1v) is 5.77.